The van der Waals surface area contributed by atoms with Gasteiger partial charge in [-0.3, -0.25) is 4.68 Å². The predicted octanol–water partition coefficient (Wildman–Crippen LogP) is 3.87. The highest BCUT2D eigenvalue weighted by Crippen LogP contribution is 2.25. The van der Waals surface area contributed by atoms with E-state index in [1.54, 1.807) is 6.07 Å². The zero-order valence-corrected chi connectivity index (χ0v) is 13.4. The fraction of sp³-hybridized carbons (Fsp3) is 0.438. The Hall–Kier alpha value is -1.39. The van der Waals surface area contributed by atoms with E-state index in [-0.39, 0.29) is 11.9 Å². The monoisotopic (exact) mass is 309 g/mol. The van der Waals surface area contributed by atoms with E-state index in [4.69, 9.17) is 17.3 Å². The highest BCUT2D eigenvalue weighted by Gasteiger charge is 2.19. The van der Waals surface area contributed by atoms with E-state index in [0.717, 1.165) is 35.4 Å². The molecule has 1 unspecified atom stereocenters. The van der Waals surface area contributed by atoms with Crippen molar-refractivity contribution in [2.75, 3.05) is 0 Å². The minimum Gasteiger partial charge on any atom is -0.324 e. The molecule has 1 atom stereocenters. The third-order valence-electron chi connectivity index (χ3n) is 3.63. The first-order valence-electron chi connectivity index (χ1n) is 7.25. The van der Waals surface area contributed by atoms with Crippen LogP contribution in [0.5, 0.6) is 0 Å². The summed E-state index contributed by atoms with van der Waals surface area (Å²) in [5, 5.41) is 5.19. The summed E-state index contributed by atoms with van der Waals surface area (Å²) >= 11 is 6.15. The van der Waals surface area contributed by atoms with Gasteiger partial charge in [0.25, 0.3) is 0 Å². The molecule has 2 aromatic rings. The van der Waals surface area contributed by atoms with Crippen molar-refractivity contribution in [1.29, 1.82) is 0 Å². The van der Waals surface area contributed by atoms with Crippen LogP contribution >= 0.6 is 11.6 Å². The van der Waals surface area contributed by atoms with Crippen LogP contribution in [0.4, 0.5) is 4.39 Å². The van der Waals surface area contributed by atoms with E-state index in [0.29, 0.717) is 11.6 Å². The molecule has 1 aromatic carbocycles. The largest absolute Gasteiger partial charge is 0.324 e. The average molecular weight is 310 g/mol. The quantitative estimate of drug-likeness (QED) is 0.911. The Labute approximate surface area is 129 Å². The van der Waals surface area contributed by atoms with Crippen molar-refractivity contribution in [3.63, 3.8) is 0 Å². The number of aromatic nitrogens is 2. The minimum atomic E-state index is -0.289. The lowest BCUT2D eigenvalue weighted by Gasteiger charge is -2.11. The van der Waals surface area contributed by atoms with E-state index in [1.165, 1.54) is 12.1 Å². The van der Waals surface area contributed by atoms with E-state index < -0.39 is 0 Å². The molecule has 114 valence electrons. The molecule has 0 saturated heterocycles. The van der Waals surface area contributed by atoms with E-state index in [1.807, 2.05) is 11.6 Å². The van der Waals surface area contributed by atoms with Gasteiger partial charge >= 0.3 is 0 Å². The molecule has 0 fully saturated rings. The highest BCUT2D eigenvalue weighted by atomic mass is 35.5. The summed E-state index contributed by atoms with van der Waals surface area (Å²) in [6.45, 7) is 6.56. The molecule has 0 aliphatic rings. The Morgan fingerprint density at radius 1 is 1.33 bits per heavy atom. The Bertz CT molecular complexity index is 635. The Balaban J connectivity index is 2.46. The van der Waals surface area contributed by atoms with Crippen LogP contribution in [-0.4, -0.2) is 9.78 Å². The summed E-state index contributed by atoms with van der Waals surface area (Å²) < 4.78 is 15.3. The Morgan fingerprint density at radius 2 is 2.05 bits per heavy atom. The van der Waals surface area contributed by atoms with Gasteiger partial charge in [-0.15, -0.1) is 0 Å². The molecule has 1 heterocycles. The maximum absolute atomic E-state index is 13.4. The summed E-state index contributed by atoms with van der Waals surface area (Å²) in [6, 6.07) is 4.34. The molecule has 0 aliphatic carbocycles. The van der Waals surface area contributed by atoms with Crippen LogP contribution in [0.1, 0.15) is 49.3 Å². The smallest absolute Gasteiger partial charge is 0.123 e. The lowest BCUT2D eigenvalue weighted by molar-refractivity contribution is 0.610. The van der Waals surface area contributed by atoms with Crippen molar-refractivity contribution < 1.29 is 4.39 Å². The normalized spacial score (nSPS) is 12.7. The second-order valence-corrected chi connectivity index (χ2v) is 5.60. The number of aryl methyl sites for hydroxylation is 1. The van der Waals surface area contributed by atoms with Crippen LogP contribution in [0.25, 0.3) is 0 Å². The lowest BCUT2D eigenvalue weighted by Crippen LogP contribution is -2.11. The van der Waals surface area contributed by atoms with Crippen molar-refractivity contribution in [2.45, 2.75) is 46.2 Å². The van der Waals surface area contributed by atoms with Crippen LogP contribution in [0.2, 0.25) is 5.02 Å². The summed E-state index contributed by atoms with van der Waals surface area (Å²) in [7, 11) is 0. The average Bonchev–Trinajstić information content (AvgIpc) is 2.80. The molecular formula is C16H21ClFN3. The second kappa shape index (κ2) is 6.58. The van der Waals surface area contributed by atoms with Gasteiger partial charge in [-0.05, 0) is 43.5 Å². The molecule has 21 heavy (non-hydrogen) atoms. The van der Waals surface area contributed by atoms with Crippen molar-refractivity contribution in [3.05, 3.63) is 51.6 Å². The molecule has 0 saturated carbocycles. The number of rotatable bonds is 5. The van der Waals surface area contributed by atoms with E-state index in [9.17, 15) is 4.39 Å². The van der Waals surface area contributed by atoms with Crippen molar-refractivity contribution in [2.24, 2.45) is 5.73 Å². The van der Waals surface area contributed by atoms with Gasteiger partial charge in [-0.1, -0.05) is 25.4 Å². The van der Waals surface area contributed by atoms with Crippen molar-refractivity contribution in [1.82, 2.24) is 9.78 Å². The molecule has 0 bridgehead atoms. The third-order valence-corrected chi connectivity index (χ3v) is 4.00. The van der Waals surface area contributed by atoms with Gasteiger partial charge in [0.2, 0.25) is 0 Å². The fourth-order valence-corrected chi connectivity index (χ4v) is 2.86. The van der Waals surface area contributed by atoms with Crippen molar-refractivity contribution in [3.8, 4) is 0 Å². The standard InChI is InChI=1S/C16H21ClFN3/c1-4-14-16(10(3)19)15(5-2)21(20-14)9-11-8-12(18)6-7-13(11)17/h6-8,10H,4-5,9,19H2,1-3H3. The van der Waals surface area contributed by atoms with Gasteiger partial charge in [-0.25, -0.2) is 4.39 Å². The summed E-state index contributed by atoms with van der Waals surface area (Å²) in [6.07, 6.45) is 1.66. The maximum atomic E-state index is 13.4. The van der Waals surface area contributed by atoms with Gasteiger partial charge < -0.3 is 5.73 Å². The van der Waals surface area contributed by atoms with Gasteiger partial charge in [0.1, 0.15) is 5.82 Å². The minimum absolute atomic E-state index is 0.0633. The van der Waals surface area contributed by atoms with Gasteiger partial charge in [0.05, 0.1) is 12.2 Å². The first kappa shape index (κ1) is 16.0. The fourth-order valence-electron chi connectivity index (χ4n) is 2.68. The molecular weight excluding hydrogens is 289 g/mol. The van der Waals surface area contributed by atoms with Gasteiger partial charge in [0.15, 0.2) is 0 Å². The maximum Gasteiger partial charge on any atom is 0.123 e. The number of halogens is 2. The zero-order chi connectivity index (χ0) is 15.6. The molecule has 5 heteroatoms. The molecule has 0 amide bonds. The Morgan fingerprint density at radius 3 is 2.62 bits per heavy atom. The predicted molar refractivity (Wildman–Crippen MR) is 84.1 cm³/mol. The van der Waals surface area contributed by atoms with Crippen molar-refractivity contribution >= 4 is 11.6 Å². The SMILES string of the molecule is CCc1nn(Cc2cc(F)ccc2Cl)c(CC)c1C(C)N. The Kier molecular flexibility index (Phi) is 5.01. The number of hydrogen-bond acceptors (Lipinski definition) is 2. The number of benzene rings is 1. The van der Waals surface area contributed by atoms with Crippen LogP contribution in [0, 0.1) is 5.82 Å². The van der Waals surface area contributed by atoms with E-state index >= 15 is 0 Å². The first-order valence-corrected chi connectivity index (χ1v) is 7.63. The molecule has 0 aliphatic heterocycles. The molecule has 1 aromatic heterocycles. The second-order valence-electron chi connectivity index (χ2n) is 5.20. The molecule has 0 spiro atoms. The van der Waals surface area contributed by atoms with Crippen LogP contribution < -0.4 is 5.73 Å². The molecule has 3 nitrogen and oxygen atoms in total. The summed E-state index contributed by atoms with van der Waals surface area (Å²) in [5.41, 5.74) is 10.0. The number of hydrogen-bond donors (Lipinski definition) is 1. The highest BCUT2D eigenvalue weighted by molar-refractivity contribution is 6.31. The molecule has 2 rings (SSSR count). The summed E-state index contributed by atoms with van der Waals surface area (Å²) in [5.74, 6) is -0.289. The number of nitrogens with two attached hydrogens (primary N) is 1. The lowest BCUT2D eigenvalue weighted by atomic mass is 10.0. The third kappa shape index (κ3) is 3.27. The molecule has 2 N–H and O–H groups in total. The number of nitrogens with zero attached hydrogens (tertiary/aromatic N) is 2. The van der Waals surface area contributed by atoms with Crippen LogP contribution in [0.3, 0.4) is 0 Å². The van der Waals surface area contributed by atoms with Crippen LogP contribution in [-0.2, 0) is 19.4 Å². The van der Waals surface area contributed by atoms with Gasteiger partial charge in [-0.2, -0.15) is 5.10 Å². The molecule has 0 radical (unpaired) electrons. The topological polar surface area (TPSA) is 43.8 Å². The zero-order valence-electron chi connectivity index (χ0n) is 12.7. The van der Waals surface area contributed by atoms with Crippen LogP contribution in [0.15, 0.2) is 18.2 Å². The summed E-state index contributed by atoms with van der Waals surface area (Å²) in [4.78, 5) is 0. The first-order chi connectivity index (χ1) is 9.97. The van der Waals surface area contributed by atoms with E-state index in [2.05, 4.69) is 18.9 Å². The van der Waals surface area contributed by atoms with Gasteiger partial charge in [0, 0.05) is 22.3 Å².